The van der Waals surface area contributed by atoms with Crippen molar-refractivity contribution in [3.8, 4) is 11.4 Å². The van der Waals surface area contributed by atoms with E-state index in [-0.39, 0.29) is 5.91 Å². The number of nitrogens with one attached hydrogen (secondary N) is 2. The zero-order valence-corrected chi connectivity index (χ0v) is 13.7. The Labute approximate surface area is 144 Å². The summed E-state index contributed by atoms with van der Waals surface area (Å²) in [6.45, 7) is 1.86. The second-order valence-electron chi connectivity index (χ2n) is 5.80. The average molecular weight is 328 g/mol. The van der Waals surface area contributed by atoms with E-state index in [1.54, 1.807) is 6.07 Å². The maximum absolute atomic E-state index is 12.2. The second-order valence-corrected chi connectivity index (χ2v) is 5.80. The van der Waals surface area contributed by atoms with Gasteiger partial charge in [0.15, 0.2) is 0 Å². The molecule has 0 aliphatic heterocycles. The van der Waals surface area contributed by atoms with Crippen molar-refractivity contribution in [2.45, 2.75) is 6.92 Å². The van der Waals surface area contributed by atoms with Crippen molar-refractivity contribution in [3.63, 3.8) is 0 Å². The molecular formula is C20H16N4O. The Balaban J connectivity index is 1.54. The molecule has 5 heteroatoms. The van der Waals surface area contributed by atoms with E-state index in [1.165, 1.54) is 0 Å². The minimum atomic E-state index is -0.222. The minimum Gasteiger partial charge on any atom is -0.338 e. The van der Waals surface area contributed by atoms with Gasteiger partial charge in [0, 0.05) is 16.9 Å². The highest BCUT2D eigenvalue weighted by Crippen LogP contribution is 2.22. The van der Waals surface area contributed by atoms with Gasteiger partial charge < -0.3 is 10.3 Å². The molecular weight excluding hydrogens is 312 g/mol. The maximum atomic E-state index is 12.2. The molecule has 4 aromatic rings. The summed E-state index contributed by atoms with van der Waals surface area (Å²) in [4.78, 5) is 24.4. The summed E-state index contributed by atoms with van der Waals surface area (Å²) in [5.74, 6) is 0.583. The number of imidazole rings is 1. The fourth-order valence-corrected chi connectivity index (χ4v) is 2.67. The first-order valence-corrected chi connectivity index (χ1v) is 7.99. The molecule has 0 atom stereocenters. The Morgan fingerprint density at radius 2 is 1.72 bits per heavy atom. The first-order valence-electron chi connectivity index (χ1n) is 7.99. The monoisotopic (exact) mass is 328 g/mol. The van der Waals surface area contributed by atoms with Gasteiger partial charge in [-0.25, -0.2) is 9.97 Å². The normalized spacial score (nSPS) is 10.8. The van der Waals surface area contributed by atoms with Crippen LogP contribution in [0.1, 0.15) is 16.2 Å². The molecule has 25 heavy (non-hydrogen) atoms. The highest BCUT2D eigenvalue weighted by molar-refractivity contribution is 6.02. The van der Waals surface area contributed by atoms with E-state index in [0.29, 0.717) is 11.4 Å². The van der Waals surface area contributed by atoms with E-state index in [1.807, 2.05) is 67.6 Å². The number of amides is 1. The van der Waals surface area contributed by atoms with E-state index >= 15 is 0 Å². The predicted octanol–water partition coefficient (Wildman–Crippen LogP) is 4.19. The number of nitrogens with zero attached hydrogens (tertiary/aromatic N) is 2. The number of carbonyl (C=O) groups is 1. The topological polar surface area (TPSA) is 70.7 Å². The van der Waals surface area contributed by atoms with Gasteiger partial charge >= 0.3 is 0 Å². The van der Waals surface area contributed by atoms with Crippen molar-refractivity contribution in [2.75, 3.05) is 5.32 Å². The van der Waals surface area contributed by atoms with Crippen molar-refractivity contribution in [2.24, 2.45) is 0 Å². The number of aromatic nitrogens is 3. The molecule has 2 aromatic carbocycles. The van der Waals surface area contributed by atoms with Crippen molar-refractivity contribution in [1.29, 1.82) is 0 Å². The number of fused-ring (bicyclic) bond motifs is 1. The number of para-hydroxylation sites is 2. The minimum absolute atomic E-state index is 0.222. The molecule has 2 N–H and O–H groups in total. The van der Waals surface area contributed by atoms with E-state index in [4.69, 9.17) is 0 Å². The summed E-state index contributed by atoms with van der Waals surface area (Å²) in [5.41, 5.74) is 4.83. The first-order chi connectivity index (χ1) is 12.2. The van der Waals surface area contributed by atoms with Crippen LogP contribution in [0.15, 0.2) is 66.7 Å². The van der Waals surface area contributed by atoms with Crippen molar-refractivity contribution < 1.29 is 4.79 Å². The number of aryl methyl sites for hydroxylation is 1. The molecule has 5 nitrogen and oxygen atoms in total. The number of rotatable bonds is 3. The molecule has 4 rings (SSSR count). The summed E-state index contributed by atoms with van der Waals surface area (Å²) in [7, 11) is 0. The molecule has 0 bridgehead atoms. The van der Waals surface area contributed by atoms with Crippen LogP contribution in [0.3, 0.4) is 0 Å². The molecule has 1 amide bonds. The van der Waals surface area contributed by atoms with Crippen LogP contribution < -0.4 is 5.32 Å². The summed E-state index contributed by atoms with van der Waals surface area (Å²) in [6.07, 6.45) is 0. The number of H-pyrrole nitrogens is 1. The van der Waals surface area contributed by atoms with Gasteiger partial charge in [0.1, 0.15) is 11.5 Å². The average Bonchev–Trinajstić information content (AvgIpc) is 3.06. The van der Waals surface area contributed by atoms with Crippen LogP contribution in [0.2, 0.25) is 0 Å². The highest BCUT2D eigenvalue weighted by atomic mass is 16.1. The van der Waals surface area contributed by atoms with Gasteiger partial charge in [-0.2, -0.15) is 0 Å². The Bertz CT molecular complexity index is 1020. The Morgan fingerprint density at radius 1 is 0.920 bits per heavy atom. The molecule has 122 valence electrons. The summed E-state index contributed by atoms with van der Waals surface area (Å²) < 4.78 is 0. The van der Waals surface area contributed by atoms with E-state index in [9.17, 15) is 4.79 Å². The van der Waals surface area contributed by atoms with Crippen LogP contribution >= 0.6 is 0 Å². The van der Waals surface area contributed by atoms with E-state index < -0.39 is 0 Å². The Hall–Kier alpha value is -3.47. The van der Waals surface area contributed by atoms with Gasteiger partial charge in [-0.15, -0.1) is 0 Å². The number of anilines is 1. The molecule has 0 aliphatic carbocycles. The maximum Gasteiger partial charge on any atom is 0.274 e. The Morgan fingerprint density at radius 3 is 2.48 bits per heavy atom. The molecule has 0 saturated carbocycles. The van der Waals surface area contributed by atoms with Crippen molar-refractivity contribution in [1.82, 2.24) is 15.0 Å². The van der Waals surface area contributed by atoms with Crippen LogP contribution in [0.5, 0.6) is 0 Å². The third-order valence-corrected chi connectivity index (χ3v) is 3.93. The van der Waals surface area contributed by atoms with Gasteiger partial charge in [-0.3, -0.25) is 4.79 Å². The first kappa shape index (κ1) is 15.1. The smallest absolute Gasteiger partial charge is 0.274 e. The molecule has 0 unspecified atom stereocenters. The molecule has 0 saturated heterocycles. The van der Waals surface area contributed by atoms with Gasteiger partial charge in [-0.05, 0) is 55.5 Å². The Kier molecular flexibility index (Phi) is 3.74. The number of aromatic amines is 1. The number of carbonyl (C=O) groups excluding carboxylic acids is 1. The molecule has 0 fully saturated rings. The lowest BCUT2D eigenvalue weighted by Crippen LogP contribution is -2.13. The van der Waals surface area contributed by atoms with E-state index in [0.717, 1.165) is 28.1 Å². The van der Waals surface area contributed by atoms with Crippen LogP contribution in [0.4, 0.5) is 5.69 Å². The van der Waals surface area contributed by atoms with Gasteiger partial charge in [0.05, 0.1) is 11.0 Å². The third-order valence-electron chi connectivity index (χ3n) is 3.93. The molecule has 0 spiro atoms. The summed E-state index contributed by atoms with van der Waals surface area (Å²) >= 11 is 0. The summed E-state index contributed by atoms with van der Waals surface area (Å²) in [5, 5.41) is 2.86. The molecule has 2 heterocycles. The lowest BCUT2D eigenvalue weighted by molar-refractivity contribution is 0.102. The number of benzene rings is 2. The SMILES string of the molecule is Cc1cccc(C(=O)Nc2ccc(-c3nc4ccccc4[nH]3)cc2)n1. The standard InChI is InChI=1S/C20H16N4O/c1-13-5-4-8-18(21-13)20(25)22-15-11-9-14(10-12-15)19-23-16-6-2-3-7-17(16)24-19/h2-12H,1H3,(H,22,25)(H,23,24). The quantitative estimate of drug-likeness (QED) is 0.592. The third kappa shape index (κ3) is 3.12. The van der Waals surface area contributed by atoms with Crippen molar-refractivity contribution in [3.05, 3.63) is 78.1 Å². The van der Waals surface area contributed by atoms with Crippen LogP contribution in [0, 0.1) is 6.92 Å². The molecule has 0 aliphatic rings. The lowest BCUT2D eigenvalue weighted by Gasteiger charge is -2.06. The zero-order valence-electron chi connectivity index (χ0n) is 13.7. The molecule has 2 aromatic heterocycles. The number of hydrogen-bond donors (Lipinski definition) is 2. The largest absolute Gasteiger partial charge is 0.338 e. The van der Waals surface area contributed by atoms with Crippen LogP contribution in [-0.2, 0) is 0 Å². The second kappa shape index (κ2) is 6.20. The van der Waals surface area contributed by atoms with E-state index in [2.05, 4.69) is 20.3 Å². The number of hydrogen-bond acceptors (Lipinski definition) is 3. The number of pyridine rings is 1. The van der Waals surface area contributed by atoms with Gasteiger partial charge in [0.25, 0.3) is 5.91 Å². The van der Waals surface area contributed by atoms with Gasteiger partial charge in [0.2, 0.25) is 0 Å². The van der Waals surface area contributed by atoms with Crippen LogP contribution in [-0.4, -0.2) is 20.9 Å². The lowest BCUT2D eigenvalue weighted by atomic mass is 10.2. The predicted molar refractivity (Wildman–Crippen MR) is 98.5 cm³/mol. The van der Waals surface area contributed by atoms with Crippen LogP contribution in [0.25, 0.3) is 22.4 Å². The summed E-state index contributed by atoms with van der Waals surface area (Å²) in [6, 6.07) is 20.9. The highest BCUT2D eigenvalue weighted by Gasteiger charge is 2.09. The van der Waals surface area contributed by atoms with Gasteiger partial charge in [-0.1, -0.05) is 18.2 Å². The fraction of sp³-hybridized carbons (Fsp3) is 0.0500. The molecule has 0 radical (unpaired) electrons. The fourth-order valence-electron chi connectivity index (χ4n) is 2.67. The van der Waals surface area contributed by atoms with Crippen molar-refractivity contribution >= 4 is 22.6 Å². The zero-order chi connectivity index (χ0) is 17.2.